The Hall–Kier alpha value is -2.34. The van der Waals surface area contributed by atoms with E-state index in [1.807, 2.05) is 40.6 Å². The van der Waals surface area contributed by atoms with Crippen molar-refractivity contribution in [3.05, 3.63) is 52.2 Å². The number of methoxy groups -OCH3 is 1. The highest BCUT2D eigenvalue weighted by Crippen LogP contribution is 2.31. The Bertz CT molecular complexity index is 728. The number of ether oxygens (including phenoxy) is 1. The molecule has 1 aliphatic heterocycles. The third-order valence-electron chi connectivity index (χ3n) is 4.72. The van der Waals surface area contributed by atoms with Gasteiger partial charge in [0.25, 0.3) is 5.91 Å². The first-order chi connectivity index (χ1) is 12.7. The molecule has 1 aliphatic rings. The van der Waals surface area contributed by atoms with E-state index in [0.717, 1.165) is 43.5 Å². The second-order valence-corrected chi connectivity index (χ2v) is 7.33. The van der Waals surface area contributed by atoms with Crippen LogP contribution in [0, 0.1) is 0 Å². The summed E-state index contributed by atoms with van der Waals surface area (Å²) in [4.78, 5) is 27.5. The average Bonchev–Trinajstić information content (AvgIpc) is 3.11. The van der Waals surface area contributed by atoms with Crippen LogP contribution in [-0.4, -0.2) is 36.9 Å². The fourth-order valence-electron chi connectivity index (χ4n) is 3.33. The van der Waals surface area contributed by atoms with Gasteiger partial charge in [-0.1, -0.05) is 31.0 Å². The maximum atomic E-state index is 12.8. The van der Waals surface area contributed by atoms with Gasteiger partial charge in [0.05, 0.1) is 24.6 Å². The predicted molar refractivity (Wildman–Crippen MR) is 103 cm³/mol. The van der Waals surface area contributed by atoms with Gasteiger partial charge in [-0.3, -0.25) is 9.59 Å². The third kappa shape index (κ3) is 4.43. The van der Waals surface area contributed by atoms with Crippen molar-refractivity contribution in [2.75, 3.05) is 20.2 Å². The lowest BCUT2D eigenvalue weighted by Gasteiger charge is -2.30. The van der Waals surface area contributed by atoms with Gasteiger partial charge in [0, 0.05) is 6.54 Å². The van der Waals surface area contributed by atoms with Gasteiger partial charge in [0.1, 0.15) is 5.75 Å². The summed E-state index contributed by atoms with van der Waals surface area (Å²) >= 11 is 1.37. The molecule has 1 atom stereocenters. The Kier molecular flexibility index (Phi) is 6.28. The number of thiophene rings is 1. The molecule has 1 aromatic heterocycles. The molecule has 1 N–H and O–H groups in total. The topological polar surface area (TPSA) is 58.6 Å². The maximum absolute atomic E-state index is 12.8. The number of nitrogens with zero attached hydrogens (tertiary/aromatic N) is 1. The fourth-order valence-corrected chi connectivity index (χ4v) is 3.97. The summed E-state index contributed by atoms with van der Waals surface area (Å²) in [6, 6.07) is 11.6. The highest BCUT2D eigenvalue weighted by molar-refractivity contribution is 7.12. The van der Waals surface area contributed by atoms with Crippen molar-refractivity contribution >= 4 is 23.2 Å². The van der Waals surface area contributed by atoms with E-state index in [1.165, 1.54) is 11.3 Å². The lowest BCUT2D eigenvalue weighted by molar-refractivity contribution is -0.132. The predicted octanol–water partition coefficient (Wildman–Crippen LogP) is 3.63. The number of rotatable bonds is 5. The molecule has 0 radical (unpaired) electrons. The van der Waals surface area contributed by atoms with Crippen molar-refractivity contribution in [1.29, 1.82) is 0 Å². The van der Waals surface area contributed by atoms with E-state index in [2.05, 4.69) is 5.32 Å². The molecule has 1 saturated heterocycles. The largest absolute Gasteiger partial charge is 0.497 e. The second-order valence-electron chi connectivity index (χ2n) is 6.39. The van der Waals surface area contributed by atoms with Gasteiger partial charge in [-0.05, 0) is 42.0 Å². The average molecular weight is 372 g/mol. The van der Waals surface area contributed by atoms with Crippen molar-refractivity contribution in [2.24, 2.45) is 0 Å². The zero-order valence-electron chi connectivity index (χ0n) is 14.9. The Morgan fingerprint density at radius 3 is 2.69 bits per heavy atom. The third-order valence-corrected chi connectivity index (χ3v) is 5.59. The van der Waals surface area contributed by atoms with Crippen molar-refractivity contribution < 1.29 is 14.3 Å². The molecule has 0 unspecified atom stereocenters. The number of carbonyl (C=O) groups excluding carboxylic acids is 2. The fraction of sp³-hybridized carbons (Fsp3) is 0.400. The van der Waals surface area contributed by atoms with Crippen LogP contribution in [0.1, 0.15) is 47.0 Å². The number of carbonyl (C=O) groups is 2. The van der Waals surface area contributed by atoms with Crippen molar-refractivity contribution in [3.63, 3.8) is 0 Å². The second kappa shape index (κ2) is 8.85. The summed E-state index contributed by atoms with van der Waals surface area (Å²) in [5.41, 5.74) is 1.12. The zero-order valence-corrected chi connectivity index (χ0v) is 15.8. The lowest BCUT2D eigenvalue weighted by atomic mass is 10.0. The van der Waals surface area contributed by atoms with Crippen LogP contribution in [-0.2, 0) is 4.79 Å². The SMILES string of the molecule is COc1ccc([C@H]2CCCCCN2C(=O)CNC(=O)c2cccs2)cc1. The Labute approximate surface area is 158 Å². The number of likely N-dealkylation sites (tertiary alicyclic amines) is 1. The van der Waals surface area contributed by atoms with Gasteiger partial charge >= 0.3 is 0 Å². The van der Waals surface area contributed by atoms with Crippen LogP contribution in [0.5, 0.6) is 5.75 Å². The smallest absolute Gasteiger partial charge is 0.261 e. The normalized spacial score (nSPS) is 17.4. The summed E-state index contributed by atoms with van der Waals surface area (Å²) in [7, 11) is 1.65. The molecule has 0 bridgehead atoms. The van der Waals surface area contributed by atoms with E-state index in [9.17, 15) is 9.59 Å². The number of nitrogens with one attached hydrogen (secondary N) is 1. The van der Waals surface area contributed by atoms with Crippen LogP contribution >= 0.6 is 11.3 Å². The van der Waals surface area contributed by atoms with Gasteiger partial charge < -0.3 is 15.0 Å². The molecular formula is C20H24N2O3S. The van der Waals surface area contributed by atoms with E-state index in [1.54, 1.807) is 13.2 Å². The molecule has 0 spiro atoms. The van der Waals surface area contributed by atoms with Crippen LogP contribution in [0.25, 0.3) is 0 Å². The van der Waals surface area contributed by atoms with E-state index < -0.39 is 0 Å². The molecule has 1 fully saturated rings. The quantitative estimate of drug-likeness (QED) is 0.872. The molecule has 0 aliphatic carbocycles. The molecule has 5 nitrogen and oxygen atoms in total. The molecule has 2 heterocycles. The highest BCUT2D eigenvalue weighted by Gasteiger charge is 2.27. The molecule has 3 rings (SSSR count). The first-order valence-electron chi connectivity index (χ1n) is 8.94. The van der Waals surface area contributed by atoms with E-state index >= 15 is 0 Å². The minimum absolute atomic E-state index is 0.0300. The minimum Gasteiger partial charge on any atom is -0.497 e. The van der Waals surface area contributed by atoms with Crippen LogP contribution in [0.15, 0.2) is 41.8 Å². The molecular weight excluding hydrogens is 348 g/mol. The van der Waals surface area contributed by atoms with Gasteiger partial charge in [-0.15, -0.1) is 11.3 Å². The minimum atomic E-state index is -0.191. The molecule has 6 heteroatoms. The van der Waals surface area contributed by atoms with Gasteiger partial charge in [-0.2, -0.15) is 0 Å². The van der Waals surface area contributed by atoms with E-state index in [-0.39, 0.29) is 24.4 Å². The van der Waals surface area contributed by atoms with Gasteiger partial charge in [-0.25, -0.2) is 0 Å². The number of hydrogen-bond acceptors (Lipinski definition) is 4. The van der Waals surface area contributed by atoms with Crippen LogP contribution in [0.4, 0.5) is 0 Å². The summed E-state index contributed by atoms with van der Waals surface area (Å²) in [6.45, 7) is 0.758. The van der Waals surface area contributed by atoms with Gasteiger partial charge in [0.2, 0.25) is 5.91 Å². The Morgan fingerprint density at radius 1 is 1.19 bits per heavy atom. The van der Waals surface area contributed by atoms with Crippen LogP contribution in [0.3, 0.4) is 0 Å². The van der Waals surface area contributed by atoms with Crippen molar-refractivity contribution in [3.8, 4) is 5.75 Å². The summed E-state index contributed by atoms with van der Waals surface area (Å²) < 4.78 is 5.23. The number of benzene rings is 1. The van der Waals surface area contributed by atoms with Crippen molar-refractivity contribution in [1.82, 2.24) is 10.2 Å². The molecule has 2 amide bonds. The number of hydrogen-bond donors (Lipinski definition) is 1. The summed E-state index contributed by atoms with van der Waals surface area (Å²) in [5.74, 6) is 0.588. The van der Waals surface area contributed by atoms with Crippen LogP contribution < -0.4 is 10.1 Å². The standard InChI is InChI=1S/C20H24N2O3S/c1-25-16-10-8-15(9-11-16)17-6-3-2-4-12-22(17)19(23)14-21-20(24)18-7-5-13-26-18/h5,7-11,13,17H,2-4,6,12,14H2,1H3,(H,21,24)/t17-/m1/s1. The first kappa shape index (κ1) is 18.5. The van der Waals surface area contributed by atoms with Crippen LogP contribution in [0.2, 0.25) is 0 Å². The van der Waals surface area contributed by atoms with E-state index in [0.29, 0.717) is 4.88 Å². The maximum Gasteiger partial charge on any atom is 0.261 e. The molecule has 0 saturated carbocycles. The molecule has 2 aromatic rings. The Morgan fingerprint density at radius 2 is 2.00 bits per heavy atom. The van der Waals surface area contributed by atoms with E-state index in [4.69, 9.17) is 4.74 Å². The van der Waals surface area contributed by atoms with Crippen molar-refractivity contribution in [2.45, 2.75) is 31.7 Å². The molecule has 1 aromatic carbocycles. The molecule has 26 heavy (non-hydrogen) atoms. The monoisotopic (exact) mass is 372 g/mol. The summed E-state index contributed by atoms with van der Waals surface area (Å²) in [6.07, 6.45) is 4.16. The first-order valence-corrected chi connectivity index (χ1v) is 9.82. The Balaban J connectivity index is 1.69. The lowest BCUT2D eigenvalue weighted by Crippen LogP contribution is -2.42. The van der Waals surface area contributed by atoms with Gasteiger partial charge in [0.15, 0.2) is 0 Å². The number of amides is 2. The zero-order chi connectivity index (χ0) is 18.4. The highest BCUT2D eigenvalue weighted by atomic mass is 32.1. The molecule has 138 valence electrons. The summed E-state index contributed by atoms with van der Waals surface area (Å²) in [5, 5.41) is 4.61.